The second-order valence-corrected chi connectivity index (χ2v) is 9.01. The van der Waals surface area contributed by atoms with Gasteiger partial charge in [0.1, 0.15) is 17.2 Å². The minimum absolute atomic E-state index is 0.0466. The number of para-hydroxylation sites is 1. The molecule has 0 radical (unpaired) electrons. The number of pyridine rings is 2. The minimum Gasteiger partial charge on any atom is -0.383 e. The van der Waals surface area contributed by atoms with E-state index in [1.165, 1.54) is 11.5 Å². The van der Waals surface area contributed by atoms with E-state index in [2.05, 4.69) is 32.4 Å². The standard InChI is InChI=1S/C30H25N7O3/c1-18(35-29(39)25-26-21(11-8-16-33-26)17-34-27(25)31)28-36-23-14-6-9-20(10-7-15-32-19(2)38)24(23)30(40)37(28)22-12-4-3-5-13-22/h3-6,8-9,11-14,16-18H,15H2,1-2H3,(H2,31,34)(H,32,38)(H,35,39)/t18-/m1/s1. The Morgan fingerprint density at radius 2 is 1.85 bits per heavy atom. The number of nitrogens with zero attached hydrogens (tertiary/aromatic N) is 4. The summed E-state index contributed by atoms with van der Waals surface area (Å²) in [6.07, 6.45) is 3.14. The Morgan fingerprint density at radius 3 is 2.62 bits per heavy atom. The molecule has 3 aromatic heterocycles. The van der Waals surface area contributed by atoms with Gasteiger partial charge in [0.05, 0.1) is 34.7 Å². The second-order valence-electron chi connectivity index (χ2n) is 9.01. The van der Waals surface area contributed by atoms with Gasteiger partial charge in [0.25, 0.3) is 11.5 Å². The summed E-state index contributed by atoms with van der Waals surface area (Å²) in [6.45, 7) is 3.30. The van der Waals surface area contributed by atoms with E-state index in [0.29, 0.717) is 38.9 Å². The highest BCUT2D eigenvalue weighted by Crippen LogP contribution is 2.23. The summed E-state index contributed by atoms with van der Waals surface area (Å²) in [5.74, 6) is 5.52. The summed E-state index contributed by atoms with van der Waals surface area (Å²) in [7, 11) is 0. The average molecular weight is 532 g/mol. The minimum atomic E-state index is -0.710. The van der Waals surface area contributed by atoms with Crippen LogP contribution in [0.5, 0.6) is 0 Å². The zero-order valence-corrected chi connectivity index (χ0v) is 21.8. The van der Waals surface area contributed by atoms with Gasteiger partial charge < -0.3 is 16.4 Å². The first-order valence-corrected chi connectivity index (χ1v) is 12.5. The Kier molecular flexibility index (Phi) is 7.20. The van der Waals surface area contributed by atoms with Crippen LogP contribution >= 0.6 is 0 Å². The highest BCUT2D eigenvalue weighted by atomic mass is 16.2. The van der Waals surface area contributed by atoms with E-state index in [9.17, 15) is 14.4 Å². The lowest BCUT2D eigenvalue weighted by Crippen LogP contribution is -2.34. The van der Waals surface area contributed by atoms with Crippen molar-refractivity contribution in [2.45, 2.75) is 19.9 Å². The molecule has 2 aromatic carbocycles. The van der Waals surface area contributed by atoms with Crippen LogP contribution in [0.2, 0.25) is 0 Å². The summed E-state index contributed by atoms with van der Waals surface area (Å²) in [6, 6.07) is 17.1. The molecule has 0 fully saturated rings. The van der Waals surface area contributed by atoms with Crippen LogP contribution in [0.1, 0.15) is 41.6 Å². The van der Waals surface area contributed by atoms with Gasteiger partial charge in [-0.1, -0.05) is 36.1 Å². The topological polar surface area (TPSA) is 145 Å². The molecule has 198 valence electrons. The summed E-state index contributed by atoms with van der Waals surface area (Å²) in [5, 5.41) is 6.54. The van der Waals surface area contributed by atoms with E-state index < -0.39 is 11.9 Å². The van der Waals surface area contributed by atoms with Crippen molar-refractivity contribution in [3.8, 4) is 17.5 Å². The largest absolute Gasteiger partial charge is 0.383 e. The number of aromatic nitrogens is 4. The highest BCUT2D eigenvalue weighted by Gasteiger charge is 2.23. The van der Waals surface area contributed by atoms with Gasteiger partial charge in [0.2, 0.25) is 5.91 Å². The van der Waals surface area contributed by atoms with E-state index in [1.807, 2.05) is 18.2 Å². The molecule has 2 amide bonds. The molecule has 0 bridgehead atoms. The van der Waals surface area contributed by atoms with Crippen molar-refractivity contribution in [2.24, 2.45) is 0 Å². The lowest BCUT2D eigenvalue weighted by molar-refractivity contribution is -0.118. The van der Waals surface area contributed by atoms with Crippen molar-refractivity contribution < 1.29 is 9.59 Å². The number of nitrogens with two attached hydrogens (primary N) is 1. The maximum Gasteiger partial charge on any atom is 0.267 e. The second kappa shape index (κ2) is 11.0. The van der Waals surface area contributed by atoms with Crippen LogP contribution in [0.25, 0.3) is 27.5 Å². The molecule has 0 unspecified atom stereocenters. The number of anilines is 1. The molecule has 0 aliphatic rings. The molecule has 5 rings (SSSR count). The number of carbonyl (C=O) groups is 2. The van der Waals surface area contributed by atoms with Crippen LogP contribution in [0.15, 0.2) is 77.9 Å². The van der Waals surface area contributed by atoms with Crippen molar-refractivity contribution in [1.82, 2.24) is 30.2 Å². The summed E-state index contributed by atoms with van der Waals surface area (Å²) in [5.41, 5.74) is 7.80. The Balaban J connectivity index is 1.62. The zero-order chi connectivity index (χ0) is 28.2. The van der Waals surface area contributed by atoms with Crippen LogP contribution in [0.4, 0.5) is 5.82 Å². The first-order chi connectivity index (χ1) is 19.3. The average Bonchev–Trinajstić information content (AvgIpc) is 2.95. The van der Waals surface area contributed by atoms with E-state index in [1.54, 1.807) is 61.8 Å². The Labute approximate surface area is 229 Å². The van der Waals surface area contributed by atoms with Crippen LogP contribution in [0, 0.1) is 11.8 Å². The Hall–Kier alpha value is -5.56. The van der Waals surface area contributed by atoms with Gasteiger partial charge >= 0.3 is 0 Å². The molecule has 0 spiro atoms. The van der Waals surface area contributed by atoms with Crippen molar-refractivity contribution in [3.63, 3.8) is 0 Å². The lowest BCUT2D eigenvalue weighted by atomic mass is 10.1. The van der Waals surface area contributed by atoms with Gasteiger partial charge in [0.15, 0.2) is 0 Å². The van der Waals surface area contributed by atoms with Crippen LogP contribution in [0.3, 0.4) is 0 Å². The lowest BCUT2D eigenvalue weighted by Gasteiger charge is -2.20. The van der Waals surface area contributed by atoms with E-state index in [0.717, 1.165) is 0 Å². The fourth-order valence-corrected chi connectivity index (χ4v) is 4.39. The Bertz CT molecular complexity index is 1890. The molecule has 40 heavy (non-hydrogen) atoms. The van der Waals surface area contributed by atoms with Crippen LogP contribution in [-0.4, -0.2) is 37.9 Å². The van der Waals surface area contributed by atoms with Crippen molar-refractivity contribution >= 4 is 39.4 Å². The molecule has 1 atom stereocenters. The number of benzene rings is 2. The van der Waals surface area contributed by atoms with E-state index in [4.69, 9.17) is 10.7 Å². The van der Waals surface area contributed by atoms with E-state index >= 15 is 0 Å². The quantitative estimate of drug-likeness (QED) is 0.296. The smallest absolute Gasteiger partial charge is 0.267 e. The molecule has 0 aliphatic carbocycles. The Morgan fingerprint density at radius 1 is 1.05 bits per heavy atom. The number of amides is 2. The number of nitrogen functional groups attached to an aromatic ring is 1. The maximum absolute atomic E-state index is 14.0. The molecule has 0 saturated heterocycles. The van der Waals surface area contributed by atoms with Crippen LogP contribution < -0.4 is 21.9 Å². The van der Waals surface area contributed by atoms with Crippen molar-refractivity contribution in [3.05, 3.63) is 100 Å². The molecular weight excluding hydrogens is 506 g/mol. The first kappa shape index (κ1) is 26.1. The van der Waals surface area contributed by atoms with Gasteiger partial charge in [-0.15, -0.1) is 0 Å². The summed E-state index contributed by atoms with van der Waals surface area (Å²) in [4.78, 5) is 52.0. The predicted molar refractivity (Wildman–Crippen MR) is 153 cm³/mol. The molecule has 0 aliphatic heterocycles. The molecule has 10 heteroatoms. The molecule has 5 aromatic rings. The number of hydrogen-bond acceptors (Lipinski definition) is 7. The van der Waals surface area contributed by atoms with Gasteiger partial charge in [-0.2, -0.15) is 0 Å². The third-order valence-corrected chi connectivity index (χ3v) is 6.22. The third-order valence-electron chi connectivity index (χ3n) is 6.22. The normalized spacial score (nSPS) is 11.4. The number of carbonyl (C=O) groups excluding carboxylic acids is 2. The van der Waals surface area contributed by atoms with Gasteiger partial charge in [-0.25, -0.2) is 9.97 Å². The van der Waals surface area contributed by atoms with Crippen molar-refractivity contribution in [1.29, 1.82) is 0 Å². The fraction of sp³-hybridized carbons (Fsp3) is 0.133. The number of nitrogens with one attached hydrogen (secondary N) is 2. The summed E-state index contributed by atoms with van der Waals surface area (Å²) >= 11 is 0. The molecular formula is C30H25N7O3. The zero-order valence-electron chi connectivity index (χ0n) is 21.8. The van der Waals surface area contributed by atoms with Gasteiger partial charge in [-0.3, -0.25) is 23.9 Å². The fourth-order valence-electron chi connectivity index (χ4n) is 4.39. The molecule has 3 heterocycles. The van der Waals surface area contributed by atoms with Crippen LogP contribution in [-0.2, 0) is 4.79 Å². The molecule has 10 nitrogen and oxygen atoms in total. The molecule has 4 N–H and O–H groups in total. The third kappa shape index (κ3) is 5.08. The molecule has 0 saturated carbocycles. The first-order valence-electron chi connectivity index (χ1n) is 12.5. The number of hydrogen-bond donors (Lipinski definition) is 3. The van der Waals surface area contributed by atoms with Crippen molar-refractivity contribution in [2.75, 3.05) is 12.3 Å². The SMILES string of the molecule is CC(=O)NCC#Cc1cccc2nc([C@@H](C)NC(=O)c3c(N)ncc4cccnc34)n(-c3ccccc3)c(=O)c12. The number of fused-ring (bicyclic) bond motifs is 2. The predicted octanol–water partition coefficient (Wildman–Crippen LogP) is 2.89. The highest BCUT2D eigenvalue weighted by molar-refractivity contribution is 6.09. The number of rotatable bonds is 5. The maximum atomic E-state index is 14.0. The summed E-state index contributed by atoms with van der Waals surface area (Å²) < 4.78 is 1.47. The van der Waals surface area contributed by atoms with E-state index in [-0.39, 0.29) is 29.4 Å². The van der Waals surface area contributed by atoms with Gasteiger partial charge in [-0.05, 0) is 43.3 Å². The van der Waals surface area contributed by atoms with Gasteiger partial charge in [0, 0.05) is 30.3 Å². The monoisotopic (exact) mass is 531 g/mol.